The summed E-state index contributed by atoms with van der Waals surface area (Å²) in [4.78, 5) is 19.2. The summed E-state index contributed by atoms with van der Waals surface area (Å²) in [6.07, 6.45) is -1.76. The molecule has 0 atom stereocenters. The summed E-state index contributed by atoms with van der Waals surface area (Å²) in [5, 5.41) is 4.64. The van der Waals surface area contributed by atoms with Gasteiger partial charge in [0, 0.05) is 23.8 Å². The van der Waals surface area contributed by atoms with E-state index in [0.29, 0.717) is 5.13 Å². The fourth-order valence-corrected chi connectivity index (χ4v) is 1.73. The molecule has 0 saturated carbocycles. The van der Waals surface area contributed by atoms with Crippen LogP contribution in [0.15, 0.2) is 29.9 Å². The van der Waals surface area contributed by atoms with Crippen molar-refractivity contribution < 1.29 is 22.7 Å². The zero-order chi connectivity index (χ0) is 14.6. The van der Waals surface area contributed by atoms with Crippen LogP contribution in [0.4, 0.5) is 18.3 Å². The van der Waals surface area contributed by atoms with Crippen molar-refractivity contribution in [2.75, 3.05) is 11.9 Å². The van der Waals surface area contributed by atoms with Crippen LogP contribution in [0.2, 0.25) is 0 Å². The van der Waals surface area contributed by atoms with Gasteiger partial charge >= 0.3 is 6.18 Å². The quantitative estimate of drug-likeness (QED) is 0.943. The van der Waals surface area contributed by atoms with Gasteiger partial charge < -0.3 is 4.74 Å². The highest BCUT2D eigenvalue weighted by atomic mass is 32.1. The Balaban J connectivity index is 1.95. The number of hydrogen-bond donors (Lipinski definition) is 1. The Morgan fingerprint density at radius 3 is 2.70 bits per heavy atom. The summed E-state index contributed by atoms with van der Waals surface area (Å²) in [6, 6.07) is 2.52. The first-order chi connectivity index (χ1) is 9.44. The van der Waals surface area contributed by atoms with Crippen LogP contribution in [0.1, 0.15) is 10.4 Å². The van der Waals surface area contributed by atoms with Crippen molar-refractivity contribution in [3.05, 3.63) is 35.5 Å². The Bertz CT molecular complexity index is 570. The maximum Gasteiger partial charge on any atom is 0.422 e. The van der Waals surface area contributed by atoms with Gasteiger partial charge in [-0.15, -0.1) is 11.3 Å². The Morgan fingerprint density at radius 2 is 2.15 bits per heavy atom. The minimum Gasteiger partial charge on any atom is -0.468 e. The van der Waals surface area contributed by atoms with Crippen molar-refractivity contribution in [2.45, 2.75) is 6.18 Å². The molecule has 2 aromatic rings. The molecule has 2 heterocycles. The molecule has 9 heteroatoms. The third-order valence-corrected chi connectivity index (χ3v) is 2.72. The van der Waals surface area contributed by atoms with E-state index in [4.69, 9.17) is 0 Å². The molecule has 0 bridgehead atoms. The molecule has 5 nitrogen and oxygen atoms in total. The van der Waals surface area contributed by atoms with Gasteiger partial charge in [-0.2, -0.15) is 13.2 Å². The summed E-state index contributed by atoms with van der Waals surface area (Å²) < 4.78 is 40.2. The van der Waals surface area contributed by atoms with Gasteiger partial charge in [0.25, 0.3) is 5.91 Å². The van der Waals surface area contributed by atoms with Crippen molar-refractivity contribution in [1.29, 1.82) is 0 Å². The fourth-order valence-electron chi connectivity index (χ4n) is 1.21. The number of amides is 1. The van der Waals surface area contributed by atoms with Crippen molar-refractivity contribution >= 4 is 22.4 Å². The molecule has 1 N–H and O–H groups in total. The van der Waals surface area contributed by atoms with Gasteiger partial charge in [0.2, 0.25) is 5.88 Å². The molecular weight excluding hydrogens is 295 g/mol. The maximum absolute atomic E-state index is 11.9. The van der Waals surface area contributed by atoms with Crippen molar-refractivity contribution in [2.24, 2.45) is 0 Å². The van der Waals surface area contributed by atoms with Gasteiger partial charge in [0.05, 0.1) is 5.56 Å². The van der Waals surface area contributed by atoms with Crippen LogP contribution in [-0.2, 0) is 0 Å². The van der Waals surface area contributed by atoms with Crippen LogP contribution < -0.4 is 10.1 Å². The molecule has 0 fully saturated rings. The summed E-state index contributed by atoms with van der Waals surface area (Å²) in [5.41, 5.74) is 0.194. The zero-order valence-corrected chi connectivity index (χ0v) is 10.7. The third kappa shape index (κ3) is 4.19. The number of anilines is 1. The van der Waals surface area contributed by atoms with Gasteiger partial charge in [-0.1, -0.05) is 0 Å². The van der Waals surface area contributed by atoms with E-state index in [2.05, 4.69) is 20.0 Å². The van der Waals surface area contributed by atoms with Crippen LogP contribution in [0.25, 0.3) is 0 Å². The van der Waals surface area contributed by atoms with Gasteiger partial charge in [-0.25, -0.2) is 9.97 Å². The van der Waals surface area contributed by atoms with Crippen LogP contribution in [0.3, 0.4) is 0 Å². The lowest BCUT2D eigenvalue weighted by Gasteiger charge is -2.08. The van der Waals surface area contributed by atoms with Crippen molar-refractivity contribution in [1.82, 2.24) is 9.97 Å². The highest BCUT2D eigenvalue weighted by molar-refractivity contribution is 7.13. The Labute approximate surface area is 115 Å². The van der Waals surface area contributed by atoms with E-state index in [-0.39, 0.29) is 11.4 Å². The number of nitrogens with zero attached hydrogens (tertiary/aromatic N) is 2. The van der Waals surface area contributed by atoms with E-state index in [1.807, 2.05) is 0 Å². The Hall–Kier alpha value is -2.16. The number of carbonyl (C=O) groups excluding carboxylic acids is 1. The highest BCUT2D eigenvalue weighted by Crippen LogP contribution is 2.17. The number of ether oxygens (including phenoxy) is 1. The molecule has 106 valence electrons. The number of alkyl halides is 3. The van der Waals surface area contributed by atoms with Gasteiger partial charge in [0.1, 0.15) is 0 Å². The molecule has 0 aromatic carbocycles. The number of halogens is 3. The van der Waals surface area contributed by atoms with Crippen LogP contribution in [-0.4, -0.2) is 28.7 Å². The zero-order valence-electron chi connectivity index (χ0n) is 9.85. The van der Waals surface area contributed by atoms with E-state index >= 15 is 0 Å². The molecule has 2 rings (SSSR count). The first-order valence-electron chi connectivity index (χ1n) is 5.30. The number of nitrogens with one attached hydrogen (secondary N) is 1. The largest absolute Gasteiger partial charge is 0.468 e. The molecule has 0 unspecified atom stereocenters. The number of aromatic nitrogens is 2. The van der Waals surface area contributed by atoms with E-state index in [0.717, 1.165) is 6.20 Å². The van der Waals surface area contributed by atoms with Gasteiger partial charge in [-0.05, 0) is 6.07 Å². The van der Waals surface area contributed by atoms with Gasteiger partial charge in [0.15, 0.2) is 11.7 Å². The monoisotopic (exact) mass is 303 g/mol. The normalized spacial score (nSPS) is 11.2. The molecule has 0 aliphatic rings. The number of carbonyl (C=O) groups is 1. The molecule has 0 radical (unpaired) electrons. The second kappa shape index (κ2) is 5.87. The molecule has 0 aliphatic heterocycles. The molecule has 0 spiro atoms. The fraction of sp³-hybridized carbons (Fsp3) is 0.182. The number of pyridine rings is 1. The topological polar surface area (TPSA) is 64.1 Å². The second-order valence-corrected chi connectivity index (χ2v) is 4.47. The van der Waals surface area contributed by atoms with Crippen molar-refractivity contribution in [3.8, 4) is 5.88 Å². The minimum absolute atomic E-state index is 0.194. The molecule has 0 saturated heterocycles. The lowest BCUT2D eigenvalue weighted by atomic mass is 10.3. The number of hydrogen-bond acceptors (Lipinski definition) is 5. The third-order valence-electron chi connectivity index (χ3n) is 2.04. The highest BCUT2D eigenvalue weighted by Gasteiger charge is 2.28. The summed E-state index contributed by atoms with van der Waals surface area (Å²) in [7, 11) is 0. The number of rotatable bonds is 4. The average Bonchev–Trinajstić information content (AvgIpc) is 2.89. The second-order valence-electron chi connectivity index (χ2n) is 3.58. The predicted octanol–water partition coefficient (Wildman–Crippen LogP) is 2.73. The van der Waals surface area contributed by atoms with E-state index < -0.39 is 18.7 Å². The van der Waals surface area contributed by atoms with Crippen molar-refractivity contribution in [3.63, 3.8) is 0 Å². The SMILES string of the molecule is O=C(Nc1nccs1)c1ccc(OCC(F)(F)F)nc1. The minimum atomic E-state index is -4.43. The summed E-state index contributed by atoms with van der Waals surface area (Å²) in [6.45, 7) is -1.43. The molecule has 20 heavy (non-hydrogen) atoms. The van der Waals surface area contributed by atoms with E-state index in [1.54, 1.807) is 5.38 Å². The predicted molar refractivity (Wildman–Crippen MR) is 65.9 cm³/mol. The Kier molecular flexibility index (Phi) is 4.18. The number of thiazole rings is 1. The van der Waals surface area contributed by atoms with Crippen LogP contribution >= 0.6 is 11.3 Å². The standard InChI is InChI=1S/C11H8F3N3O2S/c12-11(13,14)6-19-8-2-1-7(5-16-8)9(18)17-10-15-3-4-20-10/h1-5H,6H2,(H,15,17,18). The first-order valence-corrected chi connectivity index (χ1v) is 6.18. The van der Waals surface area contributed by atoms with Crippen LogP contribution in [0, 0.1) is 0 Å². The molecule has 2 aromatic heterocycles. The smallest absolute Gasteiger partial charge is 0.422 e. The van der Waals surface area contributed by atoms with Crippen LogP contribution in [0.5, 0.6) is 5.88 Å². The first kappa shape index (κ1) is 14.3. The Morgan fingerprint density at radius 1 is 1.35 bits per heavy atom. The average molecular weight is 303 g/mol. The molecular formula is C11H8F3N3O2S. The van der Waals surface area contributed by atoms with Gasteiger partial charge in [-0.3, -0.25) is 10.1 Å². The molecule has 0 aliphatic carbocycles. The summed E-state index contributed by atoms with van der Waals surface area (Å²) >= 11 is 1.25. The molecule has 1 amide bonds. The summed E-state index contributed by atoms with van der Waals surface area (Å²) in [5.74, 6) is -0.650. The van der Waals surface area contributed by atoms with E-state index in [9.17, 15) is 18.0 Å². The van der Waals surface area contributed by atoms with E-state index in [1.165, 1.54) is 29.7 Å². The maximum atomic E-state index is 11.9. The lowest BCUT2D eigenvalue weighted by molar-refractivity contribution is -0.154. The lowest BCUT2D eigenvalue weighted by Crippen LogP contribution is -2.19.